The highest BCUT2D eigenvalue weighted by Gasteiger charge is 2.10. The molecule has 2 aromatic carbocycles. The topological polar surface area (TPSA) is 37.3 Å². The van der Waals surface area contributed by atoms with Crippen molar-refractivity contribution in [2.24, 2.45) is 0 Å². The highest BCUT2D eigenvalue weighted by atomic mass is 35.5. The van der Waals surface area contributed by atoms with E-state index in [9.17, 15) is 4.79 Å². The quantitative estimate of drug-likeness (QED) is 0.727. The van der Waals surface area contributed by atoms with Crippen LogP contribution in [0.25, 0.3) is 0 Å². The lowest BCUT2D eigenvalue weighted by Gasteiger charge is -2.06. The Kier molecular flexibility index (Phi) is 5.22. The third-order valence-electron chi connectivity index (χ3n) is 2.57. The van der Waals surface area contributed by atoms with Gasteiger partial charge in [-0.2, -0.15) is 0 Å². The molecule has 6 heteroatoms. The zero-order chi connectivity index (χ0) is 14.7. The monoisotopic (exact) mass is 346 g/mol. The predicted octanol–water partition coefficient (Wildman–Crippen LogP) is 5.64. The van der Waals surface area contributed by atoms with Crippen molar-refractivity contribution in [2.45, 2.75) is 10.6 Å². The van der Waals surface area contributed by atoms with Gasteiger partial charge in [-0.3, -0.25) is 0 Å². The van der Waals surface area contributed by atoms with E-state index in [0.717, 1.165) is 10.5 Å². The van der Waals surface area contributed by atoms with Crippen molar-refractivity contribution in [3.63, 3.8) is 0 Å². The molecular formula is C14H9Cl3O2S. The van der Waals surface area contributed by atoms with Crippen LogP contribution in [0.2, 0.25) is 15.1 Å². The van der Waals surface area contributed by atoms with Crippen molar-refractivity contribution in [1.29, 1.82) is 0 Å². The maximum Gasteiger partial charge on any atom is 0.337 e. The van der Waals surface area contributed by atoms with E-state index in [2.05, 4.69) is 0 Å². The average Bonchev–Trinajstić information content (AvgIpc) is 2.41. The van der Waals surface area contributed by atoms with E-state index >= 15 is 0 Å². The van der Waals surface area contributed by atoms with Crippen LogP contribution >= 0.6 is 46.6 Å². The Bertz CT molecular complexity index is 659. The summed E-state index contributed by atoms with van der Waals surface area (Å²) >= 11 is 19.3. The predicted molar refractivity (Wildman–Crippen MR) is 84.4 cm³/mol. The number of hydrogen-bond donors (Lipinski definition) is 1. The van der Waals surface area contributed by atoms with Gasteiger partial charge in [-0.05, 0) is 42.0 Å². The number of halogens is 3. The molecule has 1 N–H and O–H groups in total. The average molecular weight is 348 g/mol. The van der Waals surface area contributed by atoms with Gasteiger partial charge in [0.05, 0.1) is 10.6 Å². The smallest absolute Gasteiger partial charge is 0.337 e. The van der Waals surface area contributed by atoms with Crippen LogP contribution in [0, 0.1) is 0 Å². The van der Waals surface area contributed by atoms with Gasteiger partial charge in [0, 0.05) is 20.7 Å². The van der Waals surface area contributed by atoms with Crippen molar-refractivity contribution in [3.8, 4) is 0 Å². The van der Waals surface area contributed by atoms with Gasteiger partial charge in [-0.1, -0.05) is 34.8 Å². The number of aromatic carboxylic acids is 1. The molecule has 0 bridgehead atoms. The number of carboxylic acids is 1. The third-order valence-corrected chi connectivity index (χ3v) is 4.55. The van der Waals surface area contributed by atoms with E-state index < -0.39 is 5.97 Å². The molecular weight excluding hydrogens is 339 g/mol. The summed E-state index contributed by atoms with van der Waals surface area (Å²) in [4.78, 5) is 11.8. The van der Waals surface area contributed by atoms with E-state index in [0.29, 0.717) is 15.8 Å². The molecule has 0 amide bonds. The van der Waals surface area contributed by atoms with Gasteiger partial charge in [0.1, 0.15) is 0 Å². The van der Waals surface area contributed by atoms with E-state index in [-0.39, 0.29) is 10.6 Å². The molecule has 0 saturated heterocycles. The van der Waals surface area contributed by atoms with Crippen LogP contribution < -0.4 is 0 Å². The summed E-state index contributed by atoms with van der Waals surface area (Å²) in [5.41, 5.74) is 0.991. The lowest BCUT2D eigenvalue weighted by Crippen LogP contribution is -1.97. The minimum absolute atomic E-state index is 0.0915. The zero-order valence-corrected chi connectivity index (χ0v) is 13.2. The van der Waals surface area contributed by atoms with Crippen LogP contribution in [-0.2, 0) is 5.75 Å². The molecule has 0 aromatic heterocycles. The Morgan fingerprint density at radius 2 is 1.75 bits per heavy atom. The number of rotatable bonds is 4. The molecule has 0 unspecified atom stereocenters. The summed E-state index contributed by atoms with van der Waals surface area (Å²) in [5.74, 6) is -0.446. The summed E-state index contributed by atoms with van der Waals surface area (Å²) in [5, 5.41) is 10.5. The lowest BCUT2D eigenvalue weighted by atomic mass is 10.2. The molecule has 0 saturated carbocycles. The Hall–Kier alpha value is -0.870. The second-order valence-electron chi connectivity index (χ2n) is 3.97. The normalized spacial score (nSPS) is 10.6. The summed E-state index contributed by atoms with van der Waals surface area (Å²) < 4.78 is 0. The van der Waals surface area contributed by atoms with Gasteiger partial charge in [0.25, 0.3) is 0 Å². The minimum Gasteiger partial charge on any atom is -0.478 e. The molecule has 2 aromatic rings. The van der Waals surface area contributed by atoms with Crippen LogP contribution in [0.3, 0.4) is 0 Å². The molecule has 104 valence electrons. The molecule has 2 nitrogen and oxygen atoms in total. The fourth-order valence-electron chi connectivity index (χ4n) is 1.57. The molecule has 2 rings (SSSR count). The van der Waals surface area contributed by atoms with Crippen LogP contribution in [0.1, 0.15) is 15.9 Å². The molecule has 0 heterocycles. The summed E-state index contributed by atoms with van der Waals surface area (Å²) in [6.45, 7) is 0. The largest absolute Gasteiger partial charge is 0.478 e. The number of thioether (sulfide) groups is 1. The first kappa shape index (κ1) is 15.5. The summed E-state index contributed by atoms with van der Waals surface area (Å²) in [7, 11) is 0. The van der Waals surface area contributed by atoms with E-state index in [1.165, 1.54) is 11.8 Å². The number of benzene rings is 2. The Morgan fingerprint density at radius 1 is 1.05 bits per heavy atom. The molecule has 0 aliphatic rings. The molecule has 0 aliphatic heterocycles. The minimum atomic E-state index is -1.04. The Balaban J connectivity index is 2.17. The molecule has 0 spiro atoms. The van der Waals surface area contributed by atoms with E-state index in [1.807, 2.05) is 0 Å². The Morgan fingerprint density at radius 3 is 2.45 bits per heavy atom. The van der Waals surface area contributed by atoms with Gasteiger partial charge < -0.3 is 5.11 Å². The van der Waals surface area contributed by atoms with Crippen molar-refractivity contribution in [1.82, 2.24) is 0 Å². The summed E-state index contributed by atoms with van der Waals surface area (Å²) in [6, 6.07) is 10.2. The van der Waals surface area contributed by atoms with E-state index in [4.69, 9.17) is 39.9 Å². The van der Waals surface area contributed by atoms with Crippen LogP contribution in [0.4, 0.5) is 0 Å². The second-order valence-corrected chi connectivity index (χ2v) is 6.27. The molecule has 0 aliphatic carbocycles. The van der Waals surface area contributed by atoms with Crippen LogP contribution in [0.5, 0.6) is 0 Å². The zero-order valence-electron chi connectivity index (χ0n) is 10.1. The number of carboxylic acid groups (broad SMARTS) is 1. The van der Waals surface area contributed by atoms with Crippen molar-refractivity contribution in [3.05, 3.63) is 62.6 Å². The molecule has 0 atom stereocenters. The fourth-order valence-corrected chi connectivity index (χ4v) is 3.16. The van der Waals surface area contributed by atoms with Gasteiger partial charge in [0.2, 0.25) is 0 Å². The number of carbonyl (C=O) groups is 1. The molecule has 0 fully saturated rings. The van der Waals surface area contributed by atoms with Crippen molar-refractivity contribution >= 4 is 52.5 Å². The maximum atomic E-state index is 11.0. The van der Waals surface area contributed by atoms with Gasteiger partial charge in [-0.25, -0.2) is 4.79 Å². The third kappa shape index (κ3) is 3.83. The highest BCUT2D eigenvalue weighted by molar-refractivity contribution is 7.98. The first-order chi connectivity index (χ1) is 9.47. The van der Waals surface area contributed by atoms with E-state index in [1.54, 1.807) is 36.4 Å². The maximum absolute atomic E-state index is 11.0. The van der Waals surface area contributed by atoms with Crippen LogP contribution in [-0.4, -0.2) is 11.1 Å². The van der Waals surface area contributed by atoms with Gasteiger partial charge in [-0.15, -0.1) is 11.8 Å². The summed E-state index contributed by atoms with van der Waals surface area (Å²) in [6.07, 6.45) is 0. The molecule has 20 heavy (non-hydrogen) atoms. The standard InChI is InChI=1S/C14H9Cl3O2S/c15-9-1-3-12(16)8(5-9)7-20-10-2-4-13(17)11(6-10)14(18)19/h1-6H,7H2,(H,18,19). The fraction of sp³-hybridized carbons (Fsp3) is 0.0714. The van der Waals surface area contributed by atoms with Gasteiger partial charge in [0.15, 0.2) is 0 Å². The number of hydrogen-bond acceptors (Lipinski definition) is 2. The van der Waals surface area contributed by atoms with Gasteiger partial charge >= 0.3 is 5.97 Å². The van der Waals surface area contributed by atoms with Crippen molar-refractivity contribution < 1.29 is 9.90 Å². The van der Waals surface area contributed by atoms with Crippen molar-refractivity contribution in [2.75, 3.05) is 0 Å². The Labute approximate surface area is 135 Å². The SMILES string of the molecule is O=C(O)c1cc(SCc2cc(Cl)ccc2Cl)ccc1Cl. The first-order valence-corrected chi connectivity index (χ1v) is 7.69. The second kappa shape index (κ2) is 6.72. The first-order valence-electron chi connectivity index (χ1n) is 5.57. The lowest BCUT2D eigenvalue weighted by molar-refractivity contribution is 0.0697. The highest BCUT2D eigenvalue weighted by Crippen LogP contribution is 2.30. The molecule has 0 radical (unpaired) electrons. The van der Waals surface area contributed by atoms with Crippen LogP contribution in [0.15, 0.2) is 41.3 Å².